The third kappa shape index (κ3) is 6.18. The van der Waals surface area contributed by atoms with Crippen molar-refractivity contribution in [1.82, 2.24) is 5.32 Å². The Kier molecular flexibility index (Phi) is 7.85. The second-order valence-electron chi connectivity index (χ2n) is 4.48. The van der Waals surface area contributed by atoms with Crippen LogP contribution in [0.1, 0.15) is 29.3 Å². The molecule has 1 atom stereocenters. The van der Waals surface area contributed by atoms with E-state index in [2.05, 4.69) is 12.2 Å². The maximum absolute atomic E-state index is 12.0. The van der Waals surface area contributed by atoms with Gasteiger partial charge in [0.2, 0.25) is 0 Å². The van der Waals surface area contributed by atoms with Crippen molar-refractivity contribution in [2.24, 2.45) is 0 Å². The molecule has 6 heteroatoms. The molecule has 1 aromatic carbocycles. The van der Waals surface area contributed by atoms with Crippen molar-refractivity contribution >= 4 is 23.6 Å². The van der Waals surface area contributed by atoms with Crippen LogP contribution in [0.4, 0.5) is 0 Å². The number of nitrogens with one attached hydrogen (secondary N) is 1. The fourth-order valence-corrected chi connectivity index (χ4v) is 2.34. The molecule has 0 radical (unpaired) electrons. The lowest BCUT2D eigenvalue weighted by Crippen LogP contribution is -2.41. The average Bonchev–Trinajstić information content (AvgIpc) is 2.49. The van der Waals surface area contributed by atoms with Gasteiger partial charge in [-0.05, 0) is 23.4 Å². The van der Waals surface area contributed by atoms with E-state index in [4.69, 9.17) is 9.84 Å². The summed E-state index contributed by atoms with van der Waals surface area (Å²) >= 11 is 1.81. The first-order chi connectivity index (χ1) is 10.1. The van der Waals surface area contributed by atoms with Crippen molar-refractivity contribution in [3.05, 3.63) is 35.4 Å². The van der Waals surface area contributed by atoms with E-state index in [-0.39, 0.29) is 18.9 Å². The Morgan fingerprint density at radius 3 is 2.52 bits per heavy atom. The highest BCUT2D eigenvalue weighted by Crippen LogP contribution is 2.12. The molecule has 0 spiro atoms. The Hall–Kier alpha value is -1.53. The fourth-order valence-electron chi connectivity index (χ4n) is 1.71. The predicted molar refractivity (Wildman–Crippen MR) is 83.7 cm³/mol. The number of methoxy groups -OCH3 is 1. The van der Waals surface area contributed by atoms with Crippen LogP contribution in [0.5, 0.6) is 0 Å². The third-order valence-corrected chi connectivity index (χ3v) is 3.85. The first kappa shape index (κ1) is 17.5. The minimum absolute atomic E-state index is 0.239. The number of ether oxygens (including phenoxy) is 1. The molecule has 0 aliphatic heterocycles. The summed E-state index contributed by atoms with van der Waals surface area (Å²) in [4.78, 5) is 23.1. The van der Waals surface area contributed by atoms with Gasteiger partial charge in [0, 0.05) is 31.5 Å². The zero-order valence-electron chi connectivity index (χ0n) is 12.3. The van der Waals surface area contributed by atoms with E-state index in [1.807, 2.05) is 12.1 Å². The summed E-state index contributed by atoms with van der Waals surface area (Å²) < 4.78 is 4.85. The van der Waals surface area contributed by atoms with Crippen molar-refractivity contribution in [2.45, 2.75) is 25.1 Å². The SMILES string of the molecule is CCSCc1ccc(C(=O)NC(CCOC)C(=O)O)cc1. The lowest BCUT2D eigenvalue weighted by atomic mass is 10.1. The number of rotatable bonds is 9. The average molecular weight is 311 g/mol. The van der Waals surface area contributed by atoms with Gasteiger partial charge in [-0.3, -0.25) is 4.79 Å². The van der Waals surface area contributed by atoms with Crippen LogP contribution in [0.25, 0.3) is 0 Å². The number of benzene rings is 1. The second kappa shape index (κ2) is 9.41. The van der Waals surface area contributed by atoms with Gasteiger partial charge in [0.1, 0.15) is 6.04 Å². The van der Waals surface area contributed by atoms with Crippen LogP contribution in [0.2, 0.25) is 0 Å². The van der Waals surface area contributed by atoms with E-state index in [9.17, 15) is 9.59 Å². The molecule has 21 heavy (non-hydrogen) atoms. The molecule has 1 rings (SSSR count). The smallest absolute Gasteiger partial charge is 0.326 e. The molecule has 1 amide bonds. The Balaban J connectivity index is 2.62. The molecule has 1 aromatic rings. The third-order valence-electron chi connectivity index (χ3n) is 2.90. The minimum atomic E-state index is -1.06. The van der Waals surface area contributed by atoms with Crippen LogP contribution in [0, 0.1) is 0 Å². The zero-order valence-corrected chi connectivity index (χ0v) is 13.1. The quantitative estimate of drug-likeness (QED) is 0.731. The lowest BCUT2D eigenvalue weighted by Gasteiger charge is -2.14. The monoisotopic (exact) mass is 311 g/mol. The predicted octanol–water partition coefficient (Wildman–Crippen LogP) is 2.16. The molecular weight excluding hydrogens is 290 g/mol. The Labute approximate surface area is 129 Å². The van der Waals surface area contributed by atoms with Crippen LogP contribution in [-0.4, -0.2) is 42.5 Å². The van der Waals surface area contributed by atoms with Gasteiger partial charge in [0.15, 0.2) is 0 Å². The van der Waals surface area contributed by atoms with Crippen molar-refractivity contribution in [3.8, 4) is 0 Å². The number of aliphatic carboxylic acids is 1. The van der Waals surface area contributed by atoms with Gasteiger partial charge in [0.25, 0.3) is 5.91 Å². The van der Waals surface area contributed by atoms with E-state index in [0.29, 0.717) is 5.56 Å². The van der Waals surface area contributed by atoms with Crippen molar-refractivity contribution < 1.29 is 19.4 Å². The maximum atomic E-state index is 12.0. The number of hydrogen-bond donors (Lipinski definition) is 2. The molecule has 0 aromatic heterocycles. The highest BCUT2D eigenvalue weighted by atomic mass is 32.2. The summed E-state index contributed by atoms with van der Waals surface area (Å²) in [5.74, 6) is 0.510. The molecule has 0 saturated heterocycles. The molecule has 1 unspecified atom stereocenters. The molecular formula is C15H21NO4S. The highest BCUT2D eigenvalue weighted by Gasteiger charge is 2.20. The largest absolute Gasteiger partial charge is 0.480 e. The molecule has 5 nitrogen and oxygen atoms in total. The Morgan fingerprint density at radius 2 is 2.00 bits per heavy atom. The lowest BCUT2D eigenvalue weighted by molar-refractivity contribution is -0.139. The summed E-state index contributed by atoms with van der Waals surface area (Å²) in [6.07, 6.45) is 0.239. The van der Waals surface area contributed by atoms with Crippen LogP contribution < -0.4 is 5.32 Å². The number of thioether (sulfide) groups is 1. The molecule has 0 fully saturated rings. The summed E-state index contributed by atoms with van der Waals surface area (Å²) in [7, 11) is 1.49. The van der Waals surface area contributed by atoms with Crippen LogP contribution in [0.3, 0.4) is 0 Å². The molecule has 0 saturated carbocycles. The van der Waals surface area contributed by atoms with Crippen LogP contribution in [-0.2, 0) is 15.3 Å². The maximum Gasteiger partial charge on any atom is 0.326 e. The number of carboxylic acids is 1. The number of carbonyl (C=O) groups excluding carboxylic acids is 1. The van der Waals surface area contributed by atoms with Gasteiger partial charge < -0.3 is 15.2 Å². The molecule has 0 aliphatic rings. The summed E-state index contributed by atoms with van der Waals surface area (Å²) in [5.41, 5.74) is 1.61. The van der Waals surface area contributed by atoms with Gasteiger partial charge in [-0.25, -0.2) is 4.79 Å². The Morgan fingerprint density at radius 1 is 1.33 bits per heavy atom. The van der Waals surface area contributed by atoms with Gasteiger partial charge in [-0.1, -0.05) is 19.1 Å². The number of carbonyl (C=O) groups is 2. The molecule has 0 aliphatic carbocycles. The van der Waals surface area contributed by atoms with Gasteiger partial charge in [-0.15, -0.1) is 0 Å². The molecule has 2 N–H and O–H groups in total. The van der Waals surface area contributed by atoms with Gasteiger partial charge in [0.05, 0.1) is 0 Å². The van der Waals surface area contributed by atoms with Crippen LogP contribution in [0.15, 0.2) is 24.3 Å². The summed E-state index contributed by atoms with van der Waals surface area (Å²) in [6.45, 7) is 2.38. The molecule has 0 bridgehead atoms. The zero-order chi connectivity index (χ0) is 15.7. The fraction of sp³-hybridized carbons (Fsp3) is 0.467. The van der Waals surface area contributed by atoms with E-state index < -0.39 is 12.0 Å². The Bertz CT molecular complexity index is 461. The number of amides is 1. The standard InChI is InChI=1S/C15H21NO4S/c1-3-21-10-11-4-6-12(7-5-11)14(17)16-13(15(18)19)8-9-20-2/h4-7,13H,3,8-10H2,1-2H3,(H,16,17)(H,18,19). The van der Waals surface area contributed by atoms with Gasteiger partial charge >= 0.3 is 5.97 Å². The van der Waals surface area contributed by atoms with Gasteiger partial charge in [-0.2, -0.15) is 11.8 Å². The van der Waals surface area contributed by atoms with Crippen molar-refractivity contribution in [1.29, 1.82) is 0 Å². The first-order valence-corrected chi connectivity index (χ1v) is 7.93. The molecule has 116 valence electrons. The second-order valence-corrected chi connectivity index (χ2v) is 5.75. The van der Waals surface area contributed by atoms with E-state index in [0.717, 1.165) is 17.1 Å². The minimum Gasteiger partial charge on any atom is -0.480 e. The van der Waals surface area contributed by atoms with Crippen molar-refractivity contribution in [3.63, 3.8) is 0 Å². The highest BCUT2D eigenvalue weighted by molar-refractivity contribution is 7.98. The number of hydrogen-bond acceptors (Lipinski definition) is 4. The normalized spacial score (nSPS) is 11.9. The topological polar surface area (TPSA) is 75.6 Å². The van der Waals surface area contributed by atoms with E-state index in [1.165, 1.54) is 7.11 Å². The van der Waals surface area contributed by atoms with E-state index >= 15 is 0 Å². The van der Waals surface area contributed by atoms with Crippen LogP contribution >= 0.6 is 11.8 Å². The molecule has 0 heterocycles. The van der Waals surface area contributed by atoms with E-state index in [1.54, 1.807) is 23.9 Å². The van der Waals surface area contributed by atoms with Crippen molar-refractivity contribution in [2.75, 3.05) is 19.5 Å². The summed E-state index contributed by atoms with van der Waals surface area (Å²) in [5, 5.41) is 11.6. The first-order valence-electron chi connectivity index (χ1n) is 6.77. The summed E-state index contributed by atoms with van der Waals surface area (Å²) in [6, 6.07) is 6.28. The number of carboxylic acid groups (broad SMARTS) is 1.